The first-order valence-corrected chi connectivity index (χ1v) is 8.46. The van der Waals surface area contributed by atoms with Gasteiger partial charge in [-0.1, -0.05) is 13.3 Å². The molecule has 0 aliphatic carbocycles. The van der Waals surface area contributed by atoms with Crippen LogP contribution in [0.5, 0.6) is 0 Å². The van der Waals surface area contributed by atoms with Gasteiger partial charge in [-0.15, -0.1) is 0 Å². The quantitative estimate of drug-likeness (QED) is 0.827. The van der Waals surface area contributed by atoms with Gasteiger partial charge >= 0.3 is 0 Å². The smallest absolute Gasteiger partial charge is 0.239 e. The van der Waals surface area contributed by atoms with Crippen LogP contribution in [0.1, 0.15) is 25.3 Å². The number of hydrogen-bond donors (Lipinski definition) is 1. The first-order chi connectivity index (χ1) is 9.86. The van der Waals surface area contributed by atoms with Crippen LogP contribution in [0.15, 0.2) is 24.3 Å². The molecule has 114 valence electrons. The number of rotatable bonds is 7. The van der Waals surface area contributed by atoms with Crippen molar-refractivity contribution in [3.8, 4) is 6.07 Å². The third-order valence-electron chi connectivity index (χ3n) is 2.85. The van der Waals surface area contributed by atoms with Gasteiger partial charge in [-0.2, -0.15) is 9.57 Å². The second-order valence-electron chi connectivity index (χ2n) is 4.69. The predicted molar refractivity (Wildman–Crippen MR) is 81.1 cm³/mol. The van der Waals surface area contributed by atoms with E-state index in [0.717, 1.165) is 17.0 Å². The number of nitriles is 1. The Hall–Kier alpha value is -1.91. The molecule has 0 heterocycles. The van der Waals surface area contributed by atoms with Gasteiger partial charge in [-0.25, -0.2) is 8.42 Å². The van der Waals surface area contributed by atoms with Crippen molar-refractivity contribution in [3.63, 3.8) is 0 Å². The van der Waals surface area contributed by atoms with Crippen LogP contribution in [-0.4, -0.2) is 38.0 Å². The van der Waals surface area contributed by atoms with E-state index in [1.165, 1.54) is 0 Å². The van der Waals surface area contributed by atoms with Crippen molar-refractivity contribution >= 4 is 21.6 Å². The Balaban J connectivity index is 2.67. The van der Waals surface area contributed by atoms with Crippen LogP contribution in [0.2, 0.25) is 0 Å². The number of nitrogens with zero attached hydrogens (tertiary/aromatic N) is 2. The molecule has 7 heteroatoms. The fraction of sp³-hybridized carbons (Fsp3) is 0.429. The van der Waals surface area contributed by atoms with E-state index in [9.17, 15) is 13.2 Å². The molecule has 1 aromatic carbocycles. The lowest BCUT2D eigenvalue weighted by Crippen LogP contribution is -2.37. The van der Waals surface area contributed by atoms with Crippen molar-refractivity contribution in [2.75, 3.05) is 24.7 Å². The van der Waals surface area contributed by atoms with Crippen LogP contribution in [-0.2, 0) is 14.8 Å². The molecule has 0 fully saturated rings. The third-order valence-corrected chi connectivity index (χ3v) is 4.10. The summed E-state index contributed by atoms with van der Waals surface area (Å²) in [5, 5.41) is 11.3. The molecule has 0 radical (unpaired) electrons. The molecule has 0 unspecified atom stereocenters. The minimum atomic E-state index is -3.41. The summed E-state index contributed by atoms with van der Waals surface area (Å²) in [7, 11) is -3.41. The van der Waals surface area contributed by atoms with E-state index in [0.29, 0.717) is 24.2 Å². The Morgan fingerprint density at radius 3 is 2.43 bits per heavy atom. The summed E-state index contributed by atoms with van der Waals surface area (Å²) in [6, 6.07) is 8.36. The molecule has 6 nitrogen and oxygen atoms in total. The van der Waals surface area contributed by atoms with E-state index in [1.807, 2.05) is 13.0 Å². The number of amides is 1. The summed E-state index contributed by atoms with van der Waals surface area (Å²) < 4.78 is 24.4. The largest absolute Gasteiger partial charge is 0.325 e. The van der Waals surface area contributed by atoms with Gasteiger partial charge in [0.1, 0.15) is 0 Å². The van der Waals surface area contributed by atoms with Gasteiger partial charge in [0.25, 0.3) is 0 Å². The summed E-state index contributed by atoms with van der Waals surface area (Å²) in [5.74, 6) is -0.402. The molecule has 0 bridgehead atoms. The number of nitrogens with one attached hydrogen (secondary N) is 1. The molecular weight excluding hydrogens is 290 g/mol. The van der Waals surface area contributed by atoms with Gasteiger partial charge in [-0.3, -0.25) is 4.79 Å². The lowest BCUT2D eigenvalue weighted by Gasteiger charge is -2.19. The van der Waals surface area contributed by atoms with E-state index in [1.54, 1.807) is 24.3 Å². The Labute approximate surface area is 125 Å². The van der Waals surface area contributed by atoms with E-state index in [4.69, 9.17) is 5.26 Å². The maximum absolute atomic E-state index is 11.9. The summed E-state index contributed by atoms with van der Waals surface area (Å²) >= 11 is 0. The lowest BCUT2D eigenvalue weighted by atomic mass is 10.2. The summed E-state index contributed by atoms with van der Waals surface area (Å²) in [4.78, 5) is 11.9. The van der Waals surface area contributed by atoms with Gasteiger partial charge in [0.05, 0.1) is 24.4 Å². The van der Waals surface area contributed by atoms with Crippen LogP contribution >= 0.6 is 0 Å². The molecule has 21 heavy (non-hydrogen) atoms. The third kappa shape index (κ3) is 5.94. The number of unbranched alkanes of at least 4 members (excludes halogenated alkanes) is 1. The zero-order chi connectivity index (χ0) is 15.9. The molecule has 1 amide bonds. The minimum Gasteiger partial charge on any atom is -0.325 e. The average Bonchev–Trinajstić information content (AvgIpc) is 2.43. The Bertz CT molecular complexity index is 618. The molecular formula is C14H19N3O3S. The summed E-state index contributed by atoms with van der Waals surface area (Å²) in [5.41, 5.74) is 1.02. The minimum absolute atomic E-state index is 0.209. The van der Waals surface area contributed by atoms with Crippen LogP contribution in [0.3, 0.4) is 0 Å². The summed E-state index contributed by atoms with van der Waals surface area (Å²) in [6.45, 7) is 2.08. The second kappa shape index (κ2) is 7.76. The highest BCUT2D eigenvalue weighted by Gasteiger charge is 2.19. The van der Waals surface area contributed by atoms with Gasteiger partial charge < -0.3 is 5.32 Å². The topological polar surface area (TPSA) is 90.3 Å². The van der Waals surface area contributed by atoms with Crippen molar-refractivity contribution in [2.45, 2.75) is 19.8 Å². The maximum atomic E-state index is 11.9. The van der Waals surface area contributed by atoms with E-state index >= 15 is 0 Å². The maximum Gasteiger partial charge on any atom is 0.239 e. The fourth-order valence-corrected chi connectivity index (χ4v) is 2.50. The number of anilines is 1. The number of sulfonamides is 1. The molecule has 0 aliphatic rings. The molecule has 0 spiro atoms. The van der Waals surface area contributed by atoms with Crippen molar-refractivity contribution in [1.82, 2.24) is 4.31 Å². The number of carbonyl (C=O) groups excluding carboxylic acids is 1. The van der Waals surface area contributed by atoms with E-state index in [2.05, 4.69) is 5.32 Å². The second-order valence-corrected chi connectivity index (χ2v) is 6.67. The molecule has 0 aliphatic heterocycles. The first-order valence-electron chi connectivity index (χ1n) is 6.62. The normalized spacial score (nSPS) is 11.1. The molecule has 0 aromatic heterocycles. The SMILES string of the molecule is CCCCN(CC(=O)Nc1ccc(C#N)cc1)S(C)(=O)=O. The Kier molecular flexibility index (Phi) is 6.34. The Morgan fingerprint density at radius 1 is 1.33 bits per heavy atom. The molecule has 0 atom stereocenters. The zero-order valence-electron chi connectivity index (χ0n) is 12.2. The van der Waals surface area contributed by atoms with Crippen LogP contribution < -0.4 is 5.32 Å². The standard InChI is InChI=1S/C14H19N3O3S/c1-3-4-9-17(21(2,19)20)11-14(18)16-13-7-5-12(10-15)6-8-13/h5-8H,3-4,9,11H2,1-2H3,(H,16,18). The number of hydrogen-bond acceptors (Lipinski definition) is 4. The highest BCUT2D eigenvalue weighted by atomic mass is 32.2. The molecule has 1 aromatic rings. The van der Waals surface area contributed by atoms with Crippen molar-refractivity contribution < 1.29 is 13.2 Å². The van der Waals surface area contributed by atoms with Gasteiger partial charge in [0.2, 0.25) is 15.9 Å². The molecule has 0 saturated carbocycles. The lowest BCUT2D eigenvalue weighted by molar-refractivity contribution is -0.116. The first kappa shape index (κ1) is 17.1. The Morgan fingerprint density at radius 2 is 1.95 bits per heavy atom. The van der Waals surface area contributed by atoms with Gasteiger partial charge in [-0.05, 0) is 30.7 Å². The zero-order valence-corrected chi connectivity index (χ0v) is 13.0. The average molecular weight is 309 g/mol. The number of carbonyl (C=O) groups is 1. The van der Waals surface area contributed by atoms with Crippen LogP contribution in [0, 0.1) is 11.3 Å². The van der Waals surface area contributed by atoms with Crippen LogP contribution in [0.4, 0.5) is 5.69 Å². The summed E-state index contributed by atoms with van der Waals surface area (Å²) in [6.07, 6.45) is 2.65. The molecule has 1 N–H and O–H groups in total. The van der Waals surface area contributed by atoms with Crippen molar-refractivity contribution in [3.05, 3.63) is 29.8 Å². The van der Waals surface area contributed by atoms with Gasteiger partial charge in [0.15, 0.2) is 0 Å². The highest BCUT2D eigenvalue weighted by molar-refractivity contribution is 7.88. The monoisotopic (exact) mass is 309 g/mol. The van der Waals surface area contributed by atoms with Crippen LogP contribution in [0.25, 0.3) is 0 Å². The van der Waals surface area contributed by atoms with E-state index < -0.39 is 15.9 Å². The molecule has 0 saturated heterocycles. The molecule has 1 rings (SSSR count). The number of benzene rings is 1. The van der Waals surface area contributed by atoms with Crippen molar-refractivity contribution in [2.24, 2.45) is 0 Å². The predicted octanol–water partition coefficient (Wildman–Crippen LogP) is 1.56. The fourth-order valence-electron chi connectivity index (χ4n) is 1.69. The van der Waals surface area contributed by atoms with Crippen molar-refractivity contribution in [1.29, 1.82) is 5.26 Å². The van der Waals surface area contributed by atoms with Gasteiger partial charge in [0, 0.05) is 12.2 Å². The van der Waals surface area contributed by atoms with E-state index in [-0.39, 0.29) is 6.54 Å². The highest BCUT2D eigenvalue weighted by Crippen LogP contribution is 2.09.